The molecule has 3 N–H and O–H groups in total. The van der Waals surface area contributed by atoms with Crippen LogP contribution in [0.5, 0.6) is 11.5 Å². The molecule has 1 atom stereocenters. The third-order valence-corrected chi connectivity index (χ3v) is 5.27. The maximum absolute atomic E-state index is 12.2. The van der Waals surface area contributed by atoms with E-state index >= 15 is 0 Å². The lowest BCUT2D eigenvalue weighted by Gasteiger charge is -2.21. The highest BCUT2D eigenvalue weighted by Crippen LogP contribution is 2.32. The Kier molecular flexibility index (Phi) is 5.67. The van der Waals surface area contributed by atoms with Gasteiger partial charge in [-0.3, -0.25) is 4.79 Å². The number of fused-ring (bicyclic) bond motifs is 1. The number of benzene rings is 2. The maximum Gasteiger partial charge on any atom is 0.238 e. The second-order valence-electron chi connectivity index (χ2n) is 6.38. The Labute approximate surface area is 158 Å². The summed E-state index contributed by atoms with van der Waals surface area (Å²) in [6.07, 6.45) is 0.800. The zero-order valence-electron chi connectivity index (χ0n) is 15.0. The number of ether oxygens (including phenoxy) is 2. The number of amides is 1. The van der Waals surface area contributed by atoms with E-state index in [0.29, 0.717) is 37.6 Å². The van der Waals surface area contributed by atoms with Gasteiger partial charge in [-0.25, -0.2) is 13.6 Å². The number of carbonyl (C=O) groups is 1. The number of rotatable bonds is 6. The van der Waals surface area contributed by atoms with Crippen molar-refractivity contribution in [3.05, 3.63) is 53.6 Å². The van der Waals surface area contributed by atoms with Crippen molar-refractivity contribution >= 4 is 15.9 Å². The van der Waals surface area contributed by atoms with Crippen LogP contribution >= 0.6 is 0 Å². The summed E-state index contributed by atoms with van der Waals surface area (Å²) < 4.78 is 33.6. The molecule has 8 heteroatoms. The Morgan fingerprint density at radius 1 is 1.11 bits per heavy atom. The molecular weight excluding hydrogens is 368 g/mol. The molecule has 1 amide bonds. The zero-order valence-corrected chi connectivity index (χ0v) is 15.8. The monoisotopic (exact) mass is 390 g/mol. The second-order valence-corrected chi connectivity index (χ2v) is 7.94. The van der Waals surface area contributed by atoms with Gasteiger partial charge in [-0.1, -0.05) is 18.2 Å². The third-order valence-electron chi connectivity index (χ3n) is 4.34. The summed E-state index contributed by atoms with van der Waals surface area (Å²) in [6.45, 7) is 2.96. The highest BCUT2D eigenvalue weighted by Gasteiger charge is 2.16. The number of aryl methyl sites for hydroxylation is 1. The van der Waals surface area contributed by atoms with E-state index in [-0.39, 0.29) is 16.8 Å². The minimum atomic E-state index is -3.70. The van der Waals surface area contributed by atoms with Crippen LogP contribution < -0.4 is 19.9 Å². The Balaban J connectivity index is 1.54. The summed E-state index contributed by atoms with van der Waals surface area (Å²) in [7, 11) is -3.70. The molecule has 27 heavy (non-hydrogen) atoms. The number of sulfonamides is 1. The highest BCUT2D eigenvalue weighted by atomic mass is 32.2. The molecule has 0 aliphatic carbocycles. The van der Waals surface area contributed by atoms with Crippen molar-refractivity contribution in [1.82, 2.24) is 5.32 Å². The summed E-state index contributed by atoms with van der Waals surface area (Å²) in [4.78, 5) is 12.3. The molecule has 0 aromatic heterocycles. The Morgan fingerprint density at radius 2 is 1.78 bits per heavy atom. The average molecular weight is 390 g/mol. The van der Waals surface area contributed by atoms with Crippen molar-refractivity contribution in [2.24, 2.45) is 5.14 Å². The molecule has 3 rings (SSSR count). The largest absolute Gasteiger partial charge is 0.486 e. The molecule has 7 nitrogen and oxygen atoms in total. The van der Waals surface area contributed by atoms with Crippen molar-refractivity contribution in [2.45, 2.75) is 30.7 Å². The van der Waals surface area contributed by atoms with Crippen LogP contribution in [-0.2, 0) is 21.2 Å². The first-order chi connectivity index (χ1) is 12.8. The van der Waals surface area contributed by atoms with E-state index in [9.17, 15) is 13.2 Å². The van der Waals surface area contributed by atoms with Crippen LogP contribution in [0.15, 0.2) is 47.4 Å². The standard InChI is InChI=1S/C19H22N2O5S/c1-13(15-5-8-17-18(12-15)26-11-10-25-17)21-19(22)9-4-14-2-6-16(7-3-14)27(20,23)24/h2-3,5-8,12-13H,4,9-11H2,1H3,(H,21,22)(H2,20,23,24). The second kappa shape index (κ2) is 7.98. The molecule has 0 spiro atoms. The fourth-order valence-electron chi connectivity index (χ4n) is 2.83. The van der Waals surface area contributed by atoms with E-state index in [1.807, 2.05) is 25.1 Å². The molecule has 0 radical (unpaired) electrons. The van der Waals surface area contributed by atoms with Gasteiger partial charge in [0.25, 0.3) is 0 Å². The molecular formula is C19H22N2O5S. The molecule has 1 heterocycles. The van der Waals surface area contributed by atoms with E-state index in [0.717, 1.165) is 11.1 Å². The number of nitrogens with one attached hydrogen (secondary N) is 1. The fourth-order valence-corrected chi connectivity index (χ4v) is 3.35. The summed E-state index contributed by atoms with van der Waals surface area (Å²) in [5, 5.41) is 8.03. The summed E-state index contributed by atoms with van der Waals surface area (Å²) in [5.41, 5.74) is 1.80. The first-order valence-electron chi connectivity index (χ1n) is 8.63. The normalized spacial score (nSPS) is 14.4. The summed E-state index contributed by atoms with van der Waals surface area (Å²) in [5.74, 6) is 1.31. The van der Waals surface area contributed by atoms with Crippen molar-refractivity contribution in [2.75, 3.05) is 13.2 Å². The van der Waals surface area contributed by atoms with Gasteiger partial charge in [-0.05, 0) is 48.7 Å². The SMILES string of the molecule is CC(NC(=O)CCc1ccc(S(N)(=O)=O)cc1)c1ccc2c(c1)OCCO2. The third kappa shape index (κ3) is 4.99. The molecule has 144 valence electrons. The Morgan fingerprint density at radius 3 is 2.44 bits per heavy atom. The number of hydrogen-bond acceptors (Lipinski definition) is 5. The van der Waals surface area contributed by atoms with Gasteiger partial charge < -0.3 is 14.8 Å². The first-order valence-corrected chi connectivity index (χ1v) is 10.2. The van der Waals surface area contributed by atoms with Crippen LogP contribution in [0.2, 0.25) is 0 Å². The van der Waals surface area contributed by atoms with E-state index in [1.165, 1.54) is 12.1 Å². The van der Waals surface area contributed by atoms with Crippen LogP contribution in [0.3, 0.4) is 0 Å². The highest BCUT2D eigenvalue weighted by molar-refractivity contribution is 7.89. The van der Waals surface area contributed by atoms with Crippen molar-refractivity contribution in [1.29, 1.82) is 0 Å². The van der Waals surface area contributed by atoms with Crippen molar-refractivity contribution in [3.63, 3.8) is 0 Å². The quantitative estimate of drug-likeness (QED) is 0.783. The molecule has 1 aliphatic heterocycles. The van der Waals surface area contributed by atoms with Gasteiger partial charge in [0.15, 0.2) is 11.5 Å². The lowest BCUT2D eigenvalue weighted by Crippen LogP contribution is -2.27. The van der Waals surface area contributed by atoms with Gasteiger partial charge in [-0.2, -0.15) is 0 Å². The maximum atomic E-state index is 12.2. The van der Waals surface area contributed by atoms with Crippen LogP contribution in [-0.4, -0.2) is 27.5 Å². The molecule has 0 bridgehead atoms. The van der Waals surface area contributed by atoms with Crippen LogP contribution in [0.25, 0.3) is 0 Å². The minimum absolute atomic E-state index is 0.0583. The van der Waals surface area contributed by atoms with Crippen LogP contribution in [0.4, 0.5) is 0 Å². The van der Waals surface area contributed by atoms with Crippen molar-refractivity contribution in [3.8, 4) is 11.5 Å². The predicted molar refractivity (Wildman–Crippen MR) is 100 cm³/mol. The lowest BCUT2D eigenvalue weighted by atomic mass is 10.1. The molecule has 1 aliphatic rings. The minimum Gasteiger partial charge on any atom is -0.486 e. The molecule has 1 unspecified atom stereocenters. The van der Waals surface area contributed by atoms with Gasteiger partial charge in [0.2, 0.25) is 15.9 Å². The van der Waals surface area contributed by atoms with E-state index < -0.39 is 10.0 Å². The van der Waals surface area contributed by atoms with Crippen molar-refractivity contribution < 1.29 is 22.7 Å². The first kappa shape index (κ1) is 19.2. The molecule has 2 aromatic rings. The average Bonchev–Trinajstić information content (AvgIpc) is 2.65. The summed E-state index contributed by atoms with van der Waals surface area (Å²) >= 11 is 0. The van der Waals surface area contributed by atoms with Gasteiger partial charge in [0.05, 0.1) is 10.9 Å². The topological polar surface area (TPSA) is 108 Å². The van der Waals surface area contributed by atoms with Gasteiger partial charge >= 0.3 is 0 Å². The van der Waals surface area contributed by atoms with Crippen LogP contribution in [0, 0.1) is 0 Å². The Hall–Kier alpha value is -2.58. The fraction of sp³-hybridized carbons (Fsp3) is 0.316. The molecule has 0 fully saturated rings. The summed E-state index contributed by atoms with van der Waals surface area (Å²) in [6, 6.07) is 11.7. The van der Waals surface area contributed by atoms with E-state index in [2.05, 4.69) is 5.32 Å². The van der Waals surface area contributed by atoms with Gasteiger partial charge in [0, 0.05) is 6.42 Å². The van der Waals surface area contributed by atoms with Gasteiger partial charge in [-0.15, -0.1) is 0 Å². The number of primary sulfonamides is 1. The zero-order chi connectivity index (χ0) is 19.4. The predicted octanol–water partition coefficient (Wildman–Crippen LogP) is 1.92. The molecule has 0 saturated carbocycles. The molecule has 0 saturated heterocycles. The lowest BCUT2D eigenvalue weighted by molar-refractivity contribution is -0.121. The molecule has 2 aromatic carbocycles. The number of carbonyl (C=O) groups excluding carboxylic acids is 1. The number of hydrogen-bond donors (Lipinski definition) is 2. The van der Waals surface area contributed by atoms with E-state index in [1.54, 1.807) is 12.1 Å². The Bertz CT molecular complexity index is 926. The van der Waals surface area contributed by atoms with Gasteiger partial charge in [0.1, 0.15) is 13.2 Å². The smallest absolute Gasteiger partial charge is 0.238 e. The van der Waals surface area contributed by atoms with E-state index in [4.69, 9.17) is 14.6 Å². The number of nitrogens with two attached hydrogens (primary N) is 1. The van der Waals surface area contributed by atoms with Crippen LogP contribution in [0.1, 0.15) is 30.5 Å².